The first-order chi connectivity index (χ1) is 18.5. The van der Waals surface area contributed by atoms with Gasteiger partial charge < -0.3 is 9.64 Å². The molecule has 0 aromatic heterocycles. The summed E-state index contributed by atoms with van der Waals surface area (Å²) in [5.74, 6) is -0.300. The van der Waals surface area contributed by atoms with Crippen molar-refractivity contribution in [2.75, 3.05) is 11.5 Å². The average Bonchev–Trinajstić information content (AvgIpc) is 3.06. The van der Waals surface area contributed by atoms with Gasteiger partial charge in [-0.2, -0.15) is 0 Å². The standard InChI is InChI=1S/C32H33FN2O3/c1-3-4-7-18-38-26-16-12-23(13-17-26)32-31-28(34-27-8-5-6-9-29(27)35(32)21(2)36)19-24(20-30(31)37)22-10-14-25(33)15-11-22/h5-6,8-17,24,31-32H,3-4,7,18-20H2,1-2H3/t24-,31-,32+/m1/s1. The van der Waals surface area contributed by atoms with Gasteiger partial charge in [-0.05, 0) is 66.3 Å². The van der Waals surface area contributed by atoms with Gasteiger partial charge in [0.1, 0.15) is 17.3 Å². The minimum atomic E-state index is -0.570. The Kier molecular flexibility index (Phi) is 7.68. The first-order valence-corrected chi connectivity index (χ1v) is 13.4. The molecular formula is C32H33FN2O3. The fraction of sp³-hybridized carbons (Fsp3) is 0.344. The van der Waals surface area contributed by atoms with Crippen LogP contribution < -0.4 is 9.64 Å². The van der Waals surface area contributed by atoms with E-state index in [1.165, 1.54) is 19.1 Å². The van der Waals surface area contributed by atoms with Crippen molar-refractivity contribution in [3.05, 3.63) is 89.7 Å². The number of anilines is 1. The summed E-state index contributed by atoms with van der Waals surface area (Å²) in [6.45, 7) is 4.35. The van der Waals surface area contributed by atoms with Gasteiger partial charge in [0.05, 0.1) is 29.9 Å². The number of ether oxygens (including phenoxy) is 1. The Morgan fingerprint density at radius 1 is 0.974 bits per heavy atom. The zero-order valence-corrected chi connectivity index (χ0v) is 21.9. The van der Waals surface area contributed by atoms with Crippen molar-refractivity contribution < 1.29 is 18.7 Å². The Hall–Kier alpha value is -3.80. The van der Waals surface area contributed by atoms with Crippen LogP contribution in [0.15, 0.2) is 77.8 Å². The van der Waals surface area contributed by atoms with Crippen molar-refractivity contribution >= 4 is 28.8 Å². The maximum Gasteiger partial charge on any atom is 0.224 e. The van der Waals surface area contributed by atoms with E-state index in [2.05, 4.69) is 6.92 Å². The summed E-state index contributed by atoms with van der Waals surface area (Å²) >= 11 is 0. The molecule has 5 nitrogen and oxygen atoms in total. The van der Waals surface area contributed by atoms with Crippen molar-refractivity contribution in [3.63, 3.8) is 0 Å². The second kappa shape index (κ2) is 11.3. The molecule has 1 aliphatic carbocycles. The van der Waals surface area contributed by atoms with Gasteiger partial charge in [0.15, 0.2) is 0 Å². The van der Waals surface area contributed by atoms with Crippen molar-refractivity contribution in [1.29, 1.82) is 0 Å². The van der Waals surface area contributed by atoms with Crippen LogP contribution in [0.25, 0.3) is 0 Å². The lowest BCUT2D eigenvalue weighted by atomic mass is 9.72. The number of hydrogen-bond acceptors (Lipinski definition) is 4. The zero-order valence-electron chi connectivity index (χ0n) is 21.9. The smallest absolute Gasteiger partial charge is 0.224 e. The Balaban J connectivity index is 1.54. The van der Waals surface area contributed by atoms with Crippen LogP contribution in [0, 0.1) is 11.7 Å². The Morgan fingerprint density at radius 2 is 1.68 bits per heavy atom. The van der Waals surface area contributed by atoms with Crippen LogP contribution in [0.4, 0.5) is 15.8 Å². The van der Waals surface area contributed by atoms with Crippen LogP contribution >= 0.6 is 0 Å². The van der Waals surface area contributed by atoms with E-state index in [1.807, 2.05) is 48.5 Å². The molecule has 0 spiro atoms. The number of Topliss-reactive ketones (excluding diaryl/α,β-unsaturated/α-hetero) is 1. The SMILES string of the molecule is CCCCCOc1ccc([C@H]2[C@H]3C(=O)C[C@H](c4ccc(F)cc4)CC3=Nc3ccccc3N2C(C)=O)cc1. The van der Waals surface area contributed by atoms with Gasteiger partial charge in [-0.15, -0.1) is 0 Å². The number of amides is 1. The van der Waals surface area contributed by atoms with Crippen molar-refractivity contribution in [3.8, 4) is 5.75 Å². The van der Waals surface area contributed by atoms with Crippen LogP contribution in [0.2, 0.25) is 0 Å². The van der Waals surface area contributed by atoms with Gasteiger partial charge in [-0.25, -0.2) is 4.39 Å². The highest BCUT2D eigenvalue weighted by Gasteiger charge is 2.45. The maximum atomic E-state index is 13.9. The largest absolute Gasteiger partial charge is 0.494 e. The third-order valence-corrected chi connectivity index (χ3v) is 7.53. The number of para-hydroxylation sites is 2. The minimum absolute atomic E-state index is 0.0354. The number of halogens is 1. The molecule has 3 aromatic rings. The number of carbonyl (C=O) groups excluding carboxylic acids is 2. The highest BCUT2D eigenvalue weighted by Crippen LogP contribution is 2.47. The van der Waals surface area contributed by atoms with Crippen LogP contribution in [-0.4, -0.2) is 24.0 Å². The van der Waals surface area contributed by atoms with Crippen LogP contribution in [0.5, 0.6) is 5.75 Å². The monoisotopic (exact) mass is 512 g/mol. The molecule has 1 heterocycles. The molecule has 0 bridgehead atoms. The summed E-state index contributed by atoms with van der Waals surface area (Å²) in [7, 11) is 0. The second-order valence-electron chi connectivity index (χ2n) is 10.2. The predicted octanol–water partition coefficient (Wildman–Crippen LogP) is 7.34. The predicted molar refractivity (Wildman–Crippen MR) is 148 cm³/mol. The van der Waals surface area contributed by atoms with E-state index >= 15 is 0 Å². The summed E-state index contributed by atoms with van der Waals surface area (Å²) in [5.41, 5.74) is 3.91. The summed E-state index contributed by atoms with van der Waals surface area (Å²) in [5, 5.41) is 0. The fourth-order valence-electron chi connectivity index (χ4n) is 5.68. The van der Waals surface area contributed by atoms with E-state index in [9.17, 15) is 14.0 Å². The van der Waals surface area contributed by atoms with Gasteiger partial charge in [0.25, 0.3) is 0 Å². The van der Waals surface area contributed by atoms with E-state index in [4.69, 9.17) is 9.73 Å². The highest BCUT2D eigenvalue weighted by atomic mass is 19.1. The number of carbonyl (C=O) groups is 2. The minimum Gasteiger partial charge on any atom is -0.494 e. The Bertz CT molecular complexity index is 1330. The van der Waals surface area contributed by atoms with E-state index in [-0.39, 0.29) is 23.4 Å². The Labute approximate surface area is 223 Å². The zero-order chi connectivity index (χ0) is 26.6. The van der Waals surface area contributed by atoms with Gasteiger partial charge >= 0.3 is 0 Å². The molecular weight excluding hydrogens is 479 g/mol. The van der Waals surface area contributed by atoms with Gasteiger partial charge in [-0.3, -0.25) is 14.6 Å². The first kappa shape index (κ1) is 25.8. The number of unbranched alkanes of at least 4 members (excludes halogenated alkanes) is 2. The average molecular weight is 513 g/mol. The number of rotatable bonds is 7. The van der Waals surface area contributed by atoms with Crippen LogP contribution in [0.1, 0.15) is 69.0 Å². The quantitative estimate of drug-likeness (QED) is 0.311. The molecule has 0 radical (unpaired) electrons. The number of aliphatic imine (C=N–C) groups is 1. The summed E-state index contributed by atoms with van der Waals surface area (Å²) in [6, 6.07) is 21.1. The molecule has 196 valence electrons. The first-order valence-electron chi connectivity index (χ1n) is 13.4. The number of hydrogen-bond donors (Lipinski definition) is 0. The molecule has 2 aliphatic rings. The number of ketones is 1. The molecule has 6 heteroatoms. The van der Waals surface area contributed by atoms with Crippen molar-refractivity contribution in [1.82, 2.24) is 0 Å². The van der Waals surface area contributed by atoms with Gasteiger partial charge in [0.2, 0.25) is 5.91 Å². The third kappa shape index (κ3) is 5.26. The summed E-state index contributed by atoms with van der Waals surface area (Å²) in [4.78, 5) is 33.8. The lowest BCUT2D eigenvalue weighted by Crippen LogP contribution is -2.45. The van der Waals surface area contributed by atoms with Crippen LogP contribution in [-0.2, 0) is 9.59 Å². The van der Waals surface area contributed by atoms with Crippen molar-refractivity contribution in [2.24, 2.45) is 10.9 Å². The number of fused-ring (bicyclic) bond motifs is 2. The maximum absolute atomic E-state index is 13.9. The fourth-order valence-corrected chi connectivity index (χ4v) is 5.68. The van der Waals surface area contributed by atoms with Gasteiger partial charge in [-0.1, -0.05) is 56.2 Å². The molecule has 1 amide bonds. The topological polar surface area (TPSA) is 59.0 Å². The summed E-state index contributed by atoms with van der Waals surface area (Å²) in [6.07, 6.45) is 4.14. The van der Waals surface area contributed by atoms with E-state index in [0.717, 1.165) is 41.9 Å². The molecule has 38 heavy (non-hydrogen) atoms. The highest BCUT2D eigenvalue weighted by molar-refractivity contribution is 6.13. The van der Waals surface area contributed by atoms with E-state index in [0.29, 0.717) is 30.8 Å². The van der Waals surface area contributed by atoms with Crippen LogP contribution in [0.3, 0.4) is 0 Å². The number of nitrogens with zero attached hydrogens (tertiary/aromatic N) is 2. The second-order valence-corrected chi connectivity index (χ2v) is 10.2. The molecule has 0 saturated heterocycles. The number of benzene rings is 3. The van der Waals surface area contributed by atoms with E-state index in [1.54, 1.807) is 17.0 Å². The summed E-state index contributed by atoms with van der Waals surface area (Å²) < 4.78 is 19.5. The lowest BCUT2D eigenvalue weighted by Gasteiger charge is -2.38. The molecule has 1 saturated carbocycles. The lowest BCUT2D eigenvalue weighted by molar-refractivity contribution is -0.123. The Morgan fingerprint density at radius 3 is 2.39 bits per heavy atom. The molecule has 3 atom stereocenters. The molecule has 0 N–H and O–H groups in total. The molecule has 1 aliphatic heterocycles. The van der Waals surface area contributed by atoms with Crippen molar-refractivity contribution in [2.45, 2.75) is 57.9 Å². The van der Waals surface area contributed by atoms with E-state index < -0.39 is 12.0 Å². The van der Waals surface area contributed by atoms with Gasteiger partial charge in [0, 0.05) is 19.1 Å². The normalized spacial score (nSPS) is 20.7. The third-order valence-electron chi connectivity index (χ3n) is 7.53. The molecule has 5 rings (SSSR count). The molecule has 3 aromatic carbocycles. The molecule has 0 unspecified atom stereocenters. The molecule has 1 fully saturated rings.